The number of hydrogen-bond donors (Lipinski definition) is 2. The summed E-state index contributed by atoms with van der Waals surface area (Å²) in [6.45, 7) is 0.994. The van der Waals surface area contributed by atoms with Gasteiger partial charge in [0.05, 0.1) is 19.3 Å². The molecule has 166 valence electrons. The summed E-state index contributed by atoms with van der Waals surface area (Å²) in [6.07, 6.45) is 2.77. The van der Waals surface area contributed by atoms with E-state index in [1.807, 2.05) is 18.2 Å². The minimum Gasteiger partial charge on any atom is -0.354 e. The van der Waals surface area contributed by atoms with Crippen LogP contribution in [0.4, 0.5) is 0 Å². The van der Waals surface area contributed by atoms with Gasteiger partial charge in [0.25, 0.3) is 5.91 Å². The lowest BCUT2D eigenvalue weighted by Crippen LogP contribution is -2.41. The third kappa shape index (κ3) is 6.83. The van der Waals surface area contributed by atoms with Crippen molar-refractivity contribution in [3.8, 4) is 0 Å². The van der Waals surface area contributed by atoms with Crippen molar-refractivity contribution in [1.82, 2.24) is 10.3 Å². The number of rotatable bonds is 9. The summed E-state index contributed by atoms with van der Waals surface area (Å²) in [5, 5.41) is 3.19. The number of amides is 1. The maximum absolute atomic E-state index is 12.8. The van der Waals surface area contributed by atoms with E-state index in [2.05, 4.69) is 10.3 Å². The van der Waals surface area contributed by atoms with Crippen LogP contribution in [0.25, 0.3) is 0 Å². The highest BCUT2D eigenvalue weighted by atomic mass is 35.5. The first-order valence-corrected chi connectivity index (χ1v) is 10.8. The summed E-state index contributed by atoms with van der Waals surface area (Å²) in [6, 6.07) is 10.7. The second-order valence-electron chi connectivity index (χ2n) is 7.60. The molecule has 0 bridgehead atoms. The molecule has 8 heteroatoms. The molecule has 1 aromatic carbocycles. The maximum Gasteiger partial charge on any atom is 0.269 e. The number of nitrogens with zero attached hydrogens (tertiary/aromatic N) is 1. The van der Waals surface area contributed by atoms with Crippen LogP contribution in [0.2, 0.25) is 5.02 Å². The van der Waals surface area contributed by atoms with E-state index in [-0.39, 0.29) is 29.7 Å². The van der Waals surface area contributed by atoms with Gasteiger partial charge in [-0.05, 0) is 43.0 Å². The van der Waals surface area contributed by atoms with Crippen LogP contribution >= 0.6 is 11.6 Å². The van der Waals surface area contributed by atoms with Crippen LogP contribution in [0.3, 0.4) is 0 Å². The van der Waals surface area contributed by atoms with E-state index in [4.69, 9.17) is 26.8 Å². The van der Waals surface area contributed by atoms with Crippen molar-refractivity contribution in [2.45, 2.75) is 44.4 Å². The summed E-state index contributed by atoms with van der Waals surface area (Å²) < 4.78 is 11.0. The predicted octanol–water partition coefficient (Wildman–Crippen LogP) is 3.13. The molecular weight excluding hydrogens is 418 g/mol. The number of pyridine rings is 1. The van der Waals surface area contributed by atoms with Crippen LogP contribution in [-0.4, -0.2) is 49.3 Å². The standard InChI is InChI=1S/C23H28ClN3O4/c1-26-23(29)20-12-16(11-18(27-20)10-15-6-2-3-7-19(15)24)21(28)8-4-5-9-22-30-13-17(25)14-31-22/h2-3,6-7,11-12,17,22H,4-5,8-10,13-14,25H2,1H3,(H,26,29). The van der Waals surface area contributed by atoms with E-state index in [1.54, 1.807) is 18.2 Å². The molecule has 1 saturated heterocycles. The third-order valence-corrected chi connectivity index (χ3v) is 5.44. The van der Waals surface area contributed by atoms with Crippen molar-refractivity contribution in [3.63, 3.8) is 0 Å². The Morgan fingerprint density at radius 3 is 2.65 bits per heavy atom. The topological polar surface area (TPSA) is 104 Å². The third-order valence-electron chi connectivity index (χ3n) is 5.08. The van der Waals surface area contributed by atoms with Gasteiger partial charge in [-0.1, -0.05) is 29.8 Å². The Morgan fingerprint density at radius 1 is 1.19 bits per heavy atom. The van der Waals surface area contributed by atoms with Crippen molar-refractivity contribution in [2.24, 2.45) is 5.73 Å². The number of benzene rings is 1. The number of aromatic nitrogens is 1. The first kappa shape index (κ1) is 23.3. The van der Waals surface area contributed by atoms with Crippen LogP contribution < -0.4 is 11.1 Å². The van der Waals surface area contributed by atoms with Crippen LogP contribution in [-0.2, 0) is 15.9 Å². The Morgan fingerprint density at radius 2 is 1.94 bits per heavy atom. The van der Waals surface area contributed by atoms with Gasteiger partial charge in [-0.15, -0.1) is 0 Å². The molecule has 1 amide bonds. The monoisotopic (exact) mass is 445 g/mol. The molecule has 1 aliphatic rings. The smallest absolute Gasteiger partial charge is 0.269 e. The number of nitrogens with two attached hydrogens (primary N) is 1. The molecule has 0 spiro atoms. The molecule has 3 rings (SSSR count). The summed E-state index contributed by atoms with van der Waals surface area (Å²) in [4.78, 5) is 29.4. The minimum absolute atomic E-state index is 0.0273. The number of ether oxygens (including phenoxy) is 2. The quantitative estimate of drug-likeness (QED) is 0.454. The molecule has 3 N–H and O–H groups in total. The Bertz CT molecular complexity index is 913. The first-order chi connectivity index (χ1) is 15.0. The molecule has 0 atom stereocenters. The molecule has 2 aromatic rings. The fourth-order valence-corrected chi connectivity index (χ4v) is 3.59. The SMILES string of the molecule is CNC(=O)c1cc(C(=O)CCCCC2OCC(N)CO2)cc(Cc2ccccc2Cl)n1. The Labute approximate surface area is 187 Å². The predicted molar refractivity (Wildman–Crippen MR) is 118 cm³/mol. The molecule has 7 nitrogen and oxygen atoms in total. The lowest BCUT2D eigenvalue weighted by atomic mass is 10.0. The molecule has 0 unspecified atom stereocenters. The average Bonchev–Trinajstić information content (AvgIpc) is 2.78. The number of nitrogens with one attached hydrogen (secondary N) is 1. The molecule has 1 aromatic heterocycles. The van der Waals surface area contributed by atoms with Gasteiger partial charge in [-0.3, -0.25) is 9.59 Å². The normalized spacial score (nSPS) is 18.5. The largest absolute Gasteiger partial charge is 0.354 e. The van der Waals surface area contributed by atoms with Gasteiger partial charge < -0.3 is 20.5 Å². The molecule has 31 heavy (non-hydrogen) atoms. The fraction of sp³-hybridized carbons (Fsp3) is 0.435. The number of carbonyl (C=O) groups is 2. The van der Waals surface area contributed by atoms with E-state index in [9.17, 15) is 9.59 Å². The summed E-state index contributed by atoms with van der Waals surface area (Å²) >= 11 is 6.26. The van der Waals surface area contributed by atoms with Gasteiger partial charge in [0.15, 0.2) is 12.1 Å². The zero-order chi connectivity index (χ0) is 22.2. The lowest BCUT2D eigenvalue weighted by molar-refractivity contribution is -0.188. The second kappa shape index (κ2) is 11.3. The van der Waals surface area contributed by atoms with Gasteiger partial charge >= 0.3 is 0 Å². The zero-order valence-corrected chi connectivity index (χ0v) is 18.4. The highest BCUT2D eigenvalue weighted by Crippen LogP contribution is 2.20. The Kier molecular flexibility index (Phi) is 8.54. The number of Topliss-reactive ketones (excluding diaryl/α,β-unsaturated/α-hetero) is 1. The van der Waals surface area contributed by atoms with Crippen LogP contribution in [0.5, 0.6) is 0 Å². The van der Waals surface area contributed by atoms with Gasteiger partial charge in [0, 0.05) is 36.2 Å². The van der Waals surface area contributed by atoms with E-state index in [0.29, 0.717) is 48.8 Å². The first-order valence-electron chi connectivity index (χ1n) is 10.4. The summed E-state index contributed by atoms with van der Waals surface area (Å²) in [7, 11) is 1.54. The molecule has 1 fully saturated rings. The maximum atomic E-state index is 12.8. The molecule has 0 radical (unpaired) electrons. The second-order valence-corrected chi connectivity index (χ2v) is 8.01. The summed E-state index contributed by atoms with van der Waals surface area (Å²) in [5.74, 6) is -0.361. The fourth-order valence-electron chi connectivity index (χ4n) is 3.39. The van der Waals surface area contributed by atoms with Crippen molar-refractivity contribution in [1.29, 1.82) is 0 Å². The van der Waals surface area contributed by atoms with Gasteiger partial charge in [0.1, 0.15) is 5.69 Å². The average molecular weight is 446 g/mol. The van der Waals surface area contributed by atoms with E-state index < -0.39 is 0 Å². The van der Waals surface area contributed by atoms with Crippen molar-refractivity contribution in [3.05, 3.63) is 63.9 Å². The molecule has 2 heterocycles. The van der Waals surface area contributed by atoms with Crippen LogP contribution in [0.1, 0.15) is 57.8 Å². The van der Waals surface area contributed by atoms with Crippen molar-refractivity contribution >= 4 is 23.3 Å². The summed E-state index contributed by atoms with van der Waals surface area (Å²) in [5.41, 5.74) is 7.94. The van der Waals surface area contributed by atoms with Crippen molar-refractivity contribution in [2.75, 3.05) is 20.3 Å². The molecule has 0 saturated carbocycles. The van der Waals surface area contributed by atoms with Crippen LogP contribution in [0, 0.1) is 0 Å². The van der Waals surface area contributed by atoms with E-state index in [0.717, 1.165) is 18.4 Å². The Balaban J connectivity index is 1.63. The van der Waals surface area contributed by atoms with Gasteiger partial charge in [-0.25, -0.2) is 4.98 Å². The number of unbranched alkanes of at least 4 members (excludes halogenated alkanes) is 1. The number of hydrogen-bond acceptors (Lipinski definition) is 6. The highest BCUT2D eigenvalue weighted by Gasteiger charge is 2.19. The van der Waals surface area contributed by atoms with Crippen LogP contribution in [0.15, 0.2) is 36.4 Å². The zero-order valence-electron chi connectivity index (χ0n) is 17.6. The van der Waals surface area contributed by atoms with Gasteiger partial charge in [0.2, 0.25) is 0 Å². The van der Waals surface area contributed by atoms with Gasteiger partial charge in [-0.2, -0.15) is 0 Å². The minimum atomic E-state index is -0.333. The Hall–Kier alpha value is -2.32. The van der Waals surface area contributed by atoms with E-state index >= 15 is 0 Å². The number of halogens is 1. The molecular formula is C23H28ClN3O4. The van der Waals surface area contributed by atoms with Crippen molar-refractivity contribution < 1.29 is 19.1 Å². The highest BCUT2D eigenvalue weighted by molar-refractivity contribution is 6.31. The molecule has 0 aliphatic carbocycles. The lowest BCUT2D eigenvalue weighted by Gasteiger charge is -2.27. The molecule has 1 aliphatic heterocycles. The number of ketones is 1. The van der Waals surface area contributed by atoms with E-state index in [1.165, 1.54) is 7.05 Å². The number of carbonyl (C=O) groups excluding carboxylic acids is 2.